The average molecular weight is 392 g/mol. The Morgan fingerprint density at radius 1 is 1.22 bits per heavy atom. The van der Waals surface area contributed by atoms with Gasteiger partial charge >= 0.3 is 0 Å². The number of benzene rings is 2. The van der Waals surface area contributed by atoms with Crippen LogP contribution < -0.4 is 10.6 Å². The number of nitrogens with zero attached hydrogens (tertiary/aromatic N) is 1. The van der Waals surface area contributed by atoms with E-state index in [2.05, 4.69) is 10.6 Å². The van der Waals surface area contributed by atoms with E-state index >= 15 is 0 Å². The van der Waals surface area contributed by atoms with Gasteiger partial charge in [-0.2, -0.15) is 0 Å². The van der Waals surface area contributed by atoms with Gasteiger partial charge in [0.15, 0.2) is 0 Å². The SMILES string of the molecule is Cc1ccc(C(=O)N2CCNC[C@@H]2C)cc1NC(=O)c1ccccc1F.Cl. The summed E-state index contributed by atoms with van der Waals surface area (Å²) in [6.07, 6.45) is 0. The quantitative estimate of drug-likeness (QED) is 0.844. The van der Waals surface area contributed by atoms with Crippen molar-refractivity contribution in [3.05, 3.63) is 65.0 Å². The zero-order chi connectivity index (χ0) is 18.7. The molecule has 0 radical (unpaired) electrons. The first-order valence-corrected chi connectivity index (χ1v) is 8.65. The maximum Gasteiger partial charge on any atom is 0.258 e. The first kappa shape index (κ1) is 20.9. The Balaban J connectivity index is 0.00000261. The fourth-order valence-corrected chi connectivity index (χ4v) is 3.03. The van der Waals surface area contributed by atoms with Crippen molar-refractivity contribution in [2.24, 2.45) is 0 Å². The number of amides is 2. The number of nitrogens with one attached hydrogen (secondary N) is 2. The van der Waals surface area contributed by atoms with Crippen molar-refractivity contribution in [1.29, 1.82) is 0 Å². The summed E-state index contributed by atoms with van der Waals surface area (Å²) in [5.74, 6) is -1.18. The molecule has 0 spiro atoms. The molecule has 2 aromatic carbocycles. The van der Waals surface area contributed by atoms with Crippen LogP contribution in [0.15, 0.2) is 42.5 Å². The zero-order valence-electron chi connectivity index (χ0n) is 15.3. The third-order valence-electron chi connectivity index (χ3n) is 4.61. The largest absolute Gasteiger partial charge is 0.333 e. The van der Waals surface area contributed by atoms with E-state index in [1.54, 1.807) is 24.3 Å². The lowest BCUT2D eigenvalue weighted by molar-refractivity contribution is 0.0655. The fourth-order valence-electron chi connectivity index (χ4n) is 3.03. The first-order valence-electron chi connectivity index (χ1n) is 8.65. The van der Waals surface area contributed by atoms with Crippen LogP contribution in [0, 0.1) is 12.7 Å². The third kappa shape index (κ3) is 4.64. The highest BCUT2D eigenvalue weighted by molar-refractivity contribution is 6.05. The lowest BCUT2D eigenvalue weighted by Crippen LogP contribution is -2.52. The van der Waals surface area contributed by atoms with Crippen LogP contribution in [-0.4, -0.2) is 42.4 Å². The van der Waals surface area contributed by atoms with Crippen molar-refractivity contribution in [3.8, 4) is 0 Å². The second-order valence-corrected chi connectivity index (χ2v) is 6.52. The van der Waals surface area contributed by atoms with Gasteiger partial charge < -0.3 is 15.5 Å². The van der Waals surface area contributed by atoms with Gasteiger partial charge in [-0.15, -0.1) is 12.4 Å². The predicted octanol–water partition coefficient (Wildman–Crippen LogP) is 3.24. The molecule has 144 valence electrons. The van der Waals surface area contributed by atoms with Crippen LogP contribution in [0.2, 0.25) is 0 Å². The van der Waals surface area contributed by atoms with Crippen molar-refractivity contribution < 1.29 is 14.0 Å². The number of carbonyl (C=O) groups is 2. The average Bonchev–Trinajstić information content (AvgIpc) is 2.63. The van der Waals surface area contributed by atoms with Crippen molar-refractivity contribution in [1.82, 2.24) is 10.2 Å². The molecule has 5 nitrogen and oxygen atoms in total. The molecule has 1 heterocycles. The summed E-state index contributed by atoms with van der Waals surface area (Å²) in [6.45, 7) is 6.00. The maximum atomic E-state index is 13.8. The standard InChI is InChI=1S/C20H22FN3O2.ClH/c1-13-7-8-15(20(26)24-10-9-22-12-14(24)2)11-18(13)23-19(25)16-5-3-4-6-17(16)21;/h3-8,11,14,22H,9-10,12H2,1-2H3,(H,23,25);1H/t14-;/m0./s1. The molecule has 0 aliphatic carbocycles. The minimum Gasteiger partial charge on any atom is -0.333 e. The second-order valence-electron chi connectivity index (χ2n) is 6.52. The van der Waals surface area contributed by atoms with E-state index in [1.165, 1.54) is 18.2 Å². The van der Waals surface area contributed by atoms with Gasteiger partial charge in [0.05, 0.1) is 5.56 Å². The maximum absolute atomic E-state index is 13.8. The monoisotopic (exact) mass is 391 g/mol. The molecule has 3 rings (SSSR count). The molecular weight excluding hydrogens is 369 g/mol. The summed E-state index contributed by atoms with van der Waals surface area (Å²) in [5, 5.41) is 5.97. The van der Waals surface area contributed by atoms with Crippen LogP contribution in [0.3, 0.4) is 0 Å². The Morgan fingerprint density at radius 3 is 2.67 bits per heavy atom. The van der Waals surface area contributed by atoms with Crippen molar-refractivity contribution in [2.75, 3.05) is 25.0 Å². The van der Waals surface area contributed by atoms with Crippen LogP contribution in [0.1, 0.15) is 33.2 Å². The van der Waals surface area contributed by atoms with E-state index in [-0.39, 0.29) is 29.9 Å². The number of hydrogen-bond donors (Lipinski definition) is 2. The number of piperazine rings is 1. The van der Waals surface area contributed by atoms with Gasteiger partial charge in [0.2, 0.25) is 0 Å². The minimum absolute atomic E-state index is 0. The van der Waals surface area contributed by atoms with E-state index in [9.17, 15) is 14.0 Å². The van der Waals surface area contributed by atoms with Gasteiger partial charge in [0.1, 0.15) is 5.82 Å². The smallest absolute Gasteiger partial charge is 0.258 e. The third-order valence-corrected chi connectivity index (χ3v) is 4.61. The first-order chi connectivity index (χ1) is 12.5. The van der Waals surface area contributed by atoms with Gasteiger partial charge in [0, 0.05) is 36.9 Å². The molecule has 2 aromatic rings. The van der Waals surface area contributed by atoms with E-state index in [0.29, 0.717) is 17.8 Å². The Morgan fingerprint density at radius 2 is 1.96 bits per heavy atom. The molecule has 1 aliphatic heterocycles. The molecule has 27 heavy (non-hydrogen) atoms. The lowest BCUT2D eigenvalue weighted by Gasteiger charge is -2.34. The number of halogens is 2. The highest BCUT2D eigenvalue weighted by Crippen LogP contribution is 2.21. The second kappa shape index (κ2) is 8.97. The number of anilines is 1. The van der Waals surface area contributed by atoms with Crippen LogP contribution in [-0.2, 0) is 0 Å². The number of aryl methyl sites for hydroxylation is 1. The molecule has 7 heteroatoms. The van der Waals surface area contributed by atoms with Gasteiger partial charge in [-0.25, -0.2) is 4.39 Å². The van der Waals surface area contributed by atoms with Gasteiger partial charge in [-0.3, -0.25) is 9.59 Å². The van der Waals surface area contributed by atoms with E-state index in [4.69, 9.17) is 0 Å². The molecular formula is C20H23ClFN3O2. The predicted molar refractivity (Wildman–Crippen MR) is 106 cm³/mol. The molecule has 2 N–H and O–H groups in total. The molecule has 0 aromatic heterocycles. The van der Waals surface area contributed by atoms with Crippen LogP contribution in [0.4, 0.5) is 10.1 Å². The molecule has 0 saturated carbocycles. The highest BCUT2D eigenvalue weighted by Gasteiger charge is 2.24. The van der Waals surface area contributed by atoms with Crippen LogP contribution in [0.25, 0.3) is 0 Å². The molecule has 1 saturated heterocycles. The van der Waals surface area contributed by atoms with Crippen molar-refractivity contribution in [2.45, 2.75) is 19.9 Å². The van der Waals surface area contributed by atoms with E-state index in [0.717, 1.165) is 18.7 Å². The lowest BCUT2D eigenvalue weighted by atomic mass is 10.1. The van der Waals surface area contributed by atoms with Crippen molar-refractivity contribution in [3.63, 3.8) is 0 Å². The molecule has 1 aliphatic rings. The summed E-state index contributed by atoms with van der Waals surface area (Å²) < 4.78 is 13.8. The summed E-state index contributed by atoms with van der Waals surface area (Å²) in [7, 11) is 0. The minimum atomic E-state index is -0.579. The van der Waals surface area contributed by atoms with Gasteiger partial charge in [-0.1, -0.05) is 18.2 Å². The number of hydrogen-bond acceptors (Lipinski definition) is 3. The van der Waals surface area contributed by atoms with E-state index in [1.807, 2.05) is 18.7 Å². The zero-order valence-corrected chi connectivity index (χ0v) is 16.1. The molecule has 1 fully saturated rings. The summed E-state index contributed by atoms with van der Waals surface area (Å²) >= 11 is 0. The van der Waals surface area contributed by atoms with Gasteiger partial charge in [0.25, 0.3) is 11.8 Å². The van der Waals surface area contributed by atoms with E-state index < -0.39 is 11.7 Å². The molecule has 0 bridgehead atoms. The highest BCUT2D eigenvalue weighted by atomic mass is 35.5. The Bertz CT molecular complexity index is 844. The molecule has 2 amide bonds. The molecule has 0 unspecified atom stereocenters. The fraction of sp³-hybridized carbons (Fsp3) is 0.300. The van der Waals surface area contributed by atoms with Gasteiger partial charge in [-0.05, 0) is 43.7 Å². The van der Waals surface area contributed by atoms with Crippen LogP contribution in [0.5, 0.6) is 0 Å². The summed E-state index contributed by atoms with van der Waals surface area (Å²) in [6, 6.07) is 11.1. The molecule has 1 atom stereocenters. The number of carbonyl (C=O) groups excluding carboxylic acids is 2. The Labute approximate surface area is 164 Å². The van der Waals surface area contributed by atoms with Crippen LogP contribution >= 0.6 is 12.4 Å². The van der Waals surface area contributed by atoms with Crippen molar-refractivity contribution >= 4 is 29.9 Å². The Hall–Kier alpha value is -2.44. The topological polar surface area (TPSA) is 61.4 Å². The summed E-state index contributed by atoms with van der Waals surface area (Å²) in [4.78, 5) is 27.0. The normalized spacial score (nSPS) is 16.4. The number of rotatable bonds is 3. The summed E-state index contributed by atoms with van der Waals surface area (Å²) in [5.41, 5.74) is 1.79. The Kier molecular flexibility index (Phi) is 6.93.